The Bertz CT molecular complexity index is 501. The smallest absolute Gasteiger partial charge is 0.407 e. The van der Waals surface area contributed by atoms with Gasteiger partial charge in [0.1, 0.15) is 11.4 Å². The molecule has 0 atom stereocenters. The number of ether oxygens (including phenoxy) is 2. The molecule has 4 nitrogen and oxygen atoms in total. The number of carbonyl (C=O) groups is 1. The summed E-state index contributed by atoms with van der Waals surface area (Å²) < 4.78 is 10.9. The largest absolute Gasteiger partial charge is 0.490 e. The Balaban J connectivity index is 2.42. The summed E-state index contributed by atoms with van der Waals surface area (Å²) in [6.45, 7) is 10.1. The van der Waals surface area contributed by atoms with Gasteiger partial charge in [-0.1, -0.05) is 30.4 Å². The molecule has 0 saturated heterocycles. The Morgan fingerprint density at radius 1 is 1.27 bits per heavy atom. The van der Waals surface area contributed by atoms with E-state index >= 15 is 0 Å². The van der Waals surface area contributed by atoms with Crippen molar-refractivity contribution >= 4 is 12.2 Å². The Morgan fingerprint density at radius 3 is 2.59 bits per heavy atom. The van der Waals surface area contributed by atoms with Crippen LogP contribution >= 0.6 is 0 Å². The highest BCUT2D eigenvalue weighted by Gasteiger charge is 2.15. The van der Waals surface area contributed by atoms with Gasteiger partial charge in [0.25, 0.3) is 0 Å². The van der Waals surface area contributed by atoms with E-state index in [1.165, 1.54) is 0 Å². The molecule has 0 aromatic heterocycles. The van der Waals surface area contributed by atoms with Crippen LogP contribution in [0.2, 0.25) is 0 Å². The molecule has 0 unspecified atom stereocenters. The van der Waals surface area contributed by atoms with Gasteiger partial charge in [-0.15, -0.1) is 0 Å². The van der Waals surface area contributed by atoms with Crippen molar-refractivity contribution in [2.75, 3.05) is 6.54 Å². The fraction of sp³-hybridized carbons (Fsp3) is 0.500. The van der Waals surface area contributed by atoms with Crippen molar-refractivity contribution in [1.82, 2.24) is 5.32 Å². The Morgan fingerprint density at radius 2 is 1.95 bits per heavy atom. The lowest BCUT2D eigenvalue weighted by Crippen LogP contribution is -2.32. The minimum atomic E-state index is -0.465. The predicted molar refractivity (Wildman–Crippen MR) is 90.1 cm³/mol. The average molecular weight is 305 g/mol. The normalized spacial score (nSPS) is 11.7. The topological polar surface area (TPSA) is 47.6 Å². The number of hydrogen-bond acceptors (Lipinski definition) is 3. The van der Waals surface area contributed by atoms with Gasteiger partial charge in [0.15, 0.2) is 0 Å². The van der Waals surface area contributed by atoms with E-state index in [-0.39, 0.29) is 12.2 Å². The third-order valence-electron chi connectivity index (χ3n) is 2.56. The van der Waals surface area contributed by atoms with E-state index < -0.39 is 5.60 Å². The highest BCUT2D eigenvalue weighted by molar-refractivity contribution is 5.67. The van der Waals surface area contributed by atoms with Crippen molar-refractivity contribution in [3.05, 3.63) is 35.9 Å². The lowest BCUT2D eigenvalue weighted by atomic mass is 10.1. The lowest BCUT2D eigenvalue weighted by Gasteiger charge is -2.19. The zero-order valence-electron chi connectivity index (χ0n) is 14.2. The van der Waals surface area contributed by atoms with Gasteiger partial charge >= 0.3 is 6.09 Å². The summed E-state index contributed by atoms with van der Waals surface area (Å²) in [4.78, 5) is 11.5. The molecule has 22 heavy (non-hydrogen) atoms. The van der Waals surface area contributed by atoms with Gasteiger partial charge in [-0.05, 0) is 47.1 Å². The summed E-state index contributed by atoms with van der Waals surface area (Å²) in [7, 11) is 0. The van der Waals surface area contributed by atoms with Gasteiger partial charge in [-0.3, -0.25) is 0 Å². The maximum atomic E-state index is 11.5. The predicted octanol–water partition coefficient (Wildman–Crippen LogP) is 4.40. The summed E-state index contributed by atoms with van der Waals surface area (Å²) in [6.07, 6.45) is 4.51. The molecule has 1 aromatic rings. The molecule has 0 aliphatic rings. The van der Waals surface area contributed by atoms with Crippen LogP contribution in [-0.4, -0.2) is 24.3 Å². The number of hydrogen-bond donors (Lipinski definition) is 1. The number of nitrogens with one attached hydrogen (secondary N) is 1. The summed E-state index contributed by atoms with van der Waals surface area (Å²) in [5, 5.41) is 2.73. The van der Waals surface area contributed by atoms with E-state index in [2.05, 4.69) is 5.32 Å². The molecular formula is C18H27NO3. The molecule has 1 amide bonds. The van der Waals surface area contributed by atoms with Crippen molar-refractivity contribution in [3.63, 3.8) is 0 Å². The van der Waals surface area contributed by atoms with Crippen molar-refractivity contribution in [3.8, 4) is 5.75 Å². The lowest BCUT2D eigenvalue weighted by molar-refractivity contribution is 0.0529. The maximum Gasteiger partial charge on any atom is 0.407 e. The van der Waals surface area contributed by atoms with E-state index in [4.69, 9.17) is 9.47 Å². The number of rotatable bonds is 6. The Labute approximate surface area is 133 Å². The van der Waals surface area contributed by atoms with Crippen molar-refractivity contribution in [2.45, 2.75) is 52.7 Å². The monoisotopic (exact) mass is 305 g/mol. The molecule has 1 rings (SSSR count). The van der Waals surface area contributed by atoms with Crippen LogP contribution in [0.25, 0.3) is 6.08 Å². The zero-order chi connectivity index (χ0) is 16.6. The minimum Gasteiger partial charge on any atom is -0.490 e. The second-order valence-electron chi connectivity index (χ2n) is 6.32. The molecule has 0 fully saturated rings. The molecule has 0 heterocycles. The standard InChI is InChI=1S/C18H27NO3/c1-14(2)21-16-12-7-6-10-15(16)11-8-9-13-19-17(20)22-18(3,4)5/h6-8,10-12,14H,9,13H2,1-5H3,(H,19,20). The van der Waals surface area contributed by atoms with Gasteiger partial charge < -0.3 is 14.8 Å². The van der Waals surface area contributed by atoms with E-state index in [0.29, 0.717) is 6.54 Å². The first-order valence-corrected chi connectivity index (χ1v) is 7.67. The number of carbonyl (C=O) groups excluding carboxylic acids is 1. The van der Waals surface area contributed by atoms with Gasteiger partial charge in [-0.25, -0.2) is 4.79 Å². The van der Waals surface area contributed by atoms with Crippen LogP contribution in [0.3, 0.4) is 0 Å². The summed E-state index contributed by atoms with van der Waals surface area (Å²) in [5.41, 5.74) is 0.570. The molecule has 0 spiro atoms. The van der Waals surface area contributed by atoms with Crippen LogP contribution in [0.1, 0.15) is 46.6 Å². The number of amides is 1. The zero-order valence-corrected chi connectivity index (χ0v) is 14.2. The molecule has 0 aliphatic carbocycles. The number of para-hydroxylation sites is 1. The molecule has 1 N–H and O–H groups in total. The van der Waals surface area contributed by atoms with Crippen LogP contribution in [0, 0.1) is 0 Å². The average Bonchev–Trinajstić information content (AvgIpc) is 2.37. The van der Waals surface area contributed by atoms with Crippen molar-refractivity contribution in [2.24, 2.45) is 0 Å². The van der Waals surface area contributed by atoms with Crippen LogP contribution in [0.4, 0.5) is 4.79 Å². The Hall–Kier alpha value is -1.97. The number of alkyl carbamates (subject to hydrolysis) is 1. The van der Waals surface area contributed by atoms with Crippen LogP contribution < -0.4 is 10.1 Å². The van der Waals surface area contributed by atoms with Crippen LogP contribution in [0.5, 0.6) is 5.75 Å². The van der Waals surface area contributed by atoms with Crippen LogP contribution in [0.15, 0.2) is 30.3 Å². The van der Waals surface area contributed by atoms with Gasteiger partial charge in [0.2, 0.25) is 0 Å². The molecule has 4 heteroatoms. The highest BCUT2D eigenvalue weighted by atomic mass is 16.6. The first kappa shape index (κ1) is 18.1. The summed E-state index contributed by atoms with van der Waals surface area (Å²) in [5.74, 6) is 0.869. The third-order valence-corrected chi connectivity index (χ3v) is 2.56. The van der Waals surface area contributed by atoms with Crippen LogP contribution in [-0.2, 0) is 4.74 Å². The van der Waals surface area contributed by atoms with Gasteiger partial charge in [0.05, 0.1) is 6.10 Å². The SMILES string of the molecule is CC(C)Oc1ccccc1C=CCCNC(=O)OC(C)(C)C. The first-order valence-electron chi connectivity index (χ1n) is 7.67. The first-order chi connectivity index (χ1) is 10.3. The fourth-order valence-electron chi connectivity index (χ4n) is 1.76. The molecule has 0 saturated carbocycles. The van der Waals surface area contributed by atoms with Crippen molar-refractivity contribution < 1.29 is 14.3 Å². The third kappa shape index (κ3) is 7.72. The summed E-state index contributed by atoms with van der Waals surface area (Å²) in [6, 6.07) is 7.90. The van der Waals surface area contributed by atoms with Crippen molar-refractivity contribution in [1.29, 1.82) is 0 Å². The number of benzene rings is 1. The minimum absolute atomic E-state index is 0.142. The fourth-order valence-corrected chi connectivity index (χ4v) is 1.76. The van der Waals surface area contributed by atoms with E-state index in [1.807, 2.05) is 71.0 Å². The molecule has 122 valence electrons. The summed E-state index contributed by atoms with van der Waals surface area (Å²) >= 11 is 0. The molecule has 0 aliphatic heterocycles. The Kier molecular flexibility index (Phi) is 6.96. The second-order valence-corrected chi connectivity index (χ2v) is 6.32. The quantitative estimate of drug-likeness (QED) is 0.792. The van der Waals surface area contributed by atoms with Gasteiger partial charge in [-0.2, -0.15) is 0 Å². The van der Waals surface area contributed by atoms with E-state index in [9.17, 15) is 4.79 Å². The molecular weight excluding hydrogens is 278 g/mol. The molecule has 1 aromatic carbocycles. The maximum absolute atomic E-state index is 11.5. The van der Waals surface area contributed by atoms with E-state index in [1.54, 1.807) is 0 Å². The molecule has 0 radical (unpaired) electrons. The van der Waals surface area contributed by atoms with E-state index in [0.717, 1.165) is 17.7 Å². The second kappa shape index (κ2) is 8.47. The molecule has 0 bridgehead atoms. The van der Waals surface area contributed by atoms with Gasteiger partial charge in [0, 0.05) is 12.1 Å². The highest BCUT2D eigenvalue weighted by Crippen LogP contribution is 2.20.